The van der Waals surface area contributed by atoms with Gasteiger partial charge in [-0.25, -0.2) is 4.98 Å². The van der Waals surface area contributed by atoms with Crippen LogP contribution in [0.1, 0.15) is 9.67 Å². The lowest BCUT2D eigenvalue weighted by Crippen LogP contribution is -2.12. The molecular weight excluding hydrogens is 553 g/mol. The van der Waals surface area contributed by atoms with E-state index in [2.05, 4.69) is 21.2 Å². The average molecular weight is 569 g/mol. The van der Waals surface area contributed by atoms with Gasteiger partial charge in [-0.15, -0.1) is 11.3 Å². The molecule has 2 heterocycles. The molecule has 1 amide bonds. The van der Waals surface area contributed by atoms with Gasteiger partial charge in [0.15, 0.2) is 0 Å². The number of para-hydroxylation sites is 1. The number of carbonyl (C=O) groups is 1. The second-order valence-electron chi connectivity index (χ2n) is 7.53. The van der Waals surface area contributed by atoms with E-state index in [1.54, 1.807) is 0 Å². The average Bonchev–Trinajstić information content (AvgIpc) is 3.17. The quantitative estimate of drug-likeness (QED) is 0.228. The van der Waals surface area contributed by atoms with E-state index in [4.69, 9.17) is 33.9 Å². The number of aromatic nitrogens is 1. The number of nitrogen functional groups attached to an aromatic ring is 1. The van der Waals surface area contributed by atoms with Crippen LogP contribution in [0.15, 0.2) is 83.3 Å². The molecule has 0 aliphatic carbocycles. The third kappa shape index (κ3) is 4.42. The van der Waals surface area contributed by atoms with Crippen molar-refractivity contribution < 1.29 is 4.79 Å². The van der Waals surface area contributed by atoms with Crippen molar-refractivity contribution >= 4 is 78.0 Å². The Morgan fingerprint density at radius 3 is 2.18 bits per heavy atom. The second kappa shape index (κ2) is 9.39. The monoisotopic (exact) mass is 567 g/mol. The summed E-state index contributed by atoms with van der Waals surface area (Å²) in [7, 11) is 0. The number of carbonyl (C=O) groups excluding carboxylic acids is 1. The van der Waals surface area contributed by atoms with E-state index in [0.717, 1.165) is 32.2 Å². The van der Waals surface area contributed by atoms with Gasteiger partial charge in [-0.05, 0) is 69.5 Å². The molecule has 3 N–H and O–H groups in total. The first-order valence-electron chi connectivity index (χ1n) is 10.2. The van der Waals surface area contributed by atoms with Crippen LogP contribution in [0, 0.1) is 0 Å². The van der Waals surface area contributed by atoms with Crippen LogP contribution in [0.3, 0.4) is 0 Å². The minimum absolute atomic E-state index is 0.289. The number of fused-ring (bicyclic) bond motifs is 1. The number of thiophene rings is 1. The van der Waals surface area contributed by atoms with Crippen molar-refractivity contribution in [2.45, 2.75) is 0 Å². The lowest BCUT2D eigenvalue weighted by molar-refractivity contribution is 0.103. The number of nitrogens with two attached hydrogens (primary N) is 1. The standard InChI is InChI=1S/C26H16BrCl2N3OS/c27-19-3-1-2-4-20(19)31-25(33)24-23(30)22-18(14-5-9-16(28)10-6-14)13-21(32-26(22)34-24)15-7-11-17(29)12-8-15/h1-13H,30H2,(H,31,33). The fourth-order valence-electron chi connectivity index (χ4n) is 3.66. The molecule has 0 saturated heterocycles. The lowest BCUT2D eigenvalue weighted by Gasteiger charge is -2.09. The van der Waals surface area contributed by atoms with Gasteiger partial charge in [0.05, 0.1) is 17.1 Å². The molecular formula is C26H16BrCl2N3OS. The van der Waals surface area contributed by atoms with E-state index in [9.17, 15) is 4.79 Å². The zero-order chi connectivity index (χ0) is 23.8. The predicted molar refractivity (Wildman–Crippen MR) is 147 cm³/mol. The van der Waals surface area contributed by atoms with Crippen molar-refractivity contribution in [1.82, 2.24) is 4.98 Å². The fraction of sp³-hybridized carbons (Fsp3) is 0. The third-order valence-electron chi connectivity index (χ3n) is 5.32. The van der Waals surface area contributed by atoms with E-state index >= 15 is 0 Å². The first-order valence-corrected chi connectivity index (χ1v) is 12.6. The highest BCUT2D eigenvalue weighted by molar-refractivity contribution is 9.10. The molecule has 34 heavy (non-hydrogen) atoms. The molecule has 4 nitrogen and oxygen atoms in total. The van der Waals surface area contributed by atoms with Gasteiger partial charge >= 0.3 is 0 Å². The van der Waals surface area contributed by atoms with Crippen LogP contribution < -0.4 is 11.1 Å². The van der Waals surface area contributed by atoms with Crippen LogP contribution in [0.25, 0.3) is 32.6 Å². The molecule has 8 heteroatoms. The zero-order valence-electron chi connectivity index (χ0n) is 17.5. The van der Waals surface area contributed by atoms with Crippen molar-refractivity contribution in [3.63, 3.8) is 0 Å². The summed E-state index contributed by atoms with van der Waals surface area (Å²) >= 11 is 16.9. The Kier molecular flexibility index (Phi) is 6.32. The number of pyridine rings is 1. The van der Waals surface area contributed by atoms with Gasteiger partial charge in [0.2, 0.25) is 0 Å². The molecule has 0 saturated carbocycles. The lowest BCUT2D eigenvalue weighted by atomic mass is 9.99. The van der Waals surface area contributed by atoms with Gasteiger partial charge in [0.25, 0.3) is 5.91 Å². The van der Waals surface area contributed by atoms with Crippen molar-refractivity contribution in [3.05, 3.63) is 98.3 Å². The molecule has 0 atom stereocenters. The predicted octanol–water partition coefficient (Wildman–Crippen LogP) is 8.53. The maximum atomic E-state index is 13.2. The molecule has 0 fully saturated rings. The summed E-state index contributed by atoms with van der Waals surface area (Å²) in [5.41, 5.74) is 11.1. The van der Waals surface area contributed by atoms with Gasteiger partial charge in [0.1, 0.15) is 9.71 Å². The summed E-state index contributed by atoms with van der Waals surface area (Å²) in [4.78, 5) is 19.1. The van der Waals surface area contributed by atoms with Gasteiger partial charge in [-0.1, -0.05) is 59.6 Å². The maximum absolute atomic E-state index is 13.2. The number of amides is 1. The summed E-state index contributed by atoms with van der Waals surface area (Å²) in [6, 6.07) is 24.4. The van der Waals surface area contributed by atoms with E-state index in [-0.39, 0.29) is 5.91 Å². The highest BCUT2D eigenvalue weighted by Crippen LogP contribution is 2.42. The molecule has 0 bridgehead atoms. The summed E-state index contributed by atoms with van der Waals surface area (Å²) in [5.74, 6) is -0.289. The second-order valence-corrected chi connectivity index (χ2v) is 10.3. The zero-order valence-corrected chi connectivity index (χ0v) is 21.4. The molecule has 5 rings (SSSR count). The number of hydrogen-bond acceptors (Lipinski definition) is 4. The molecule has 168 valence electrons. The maximum Gasteiger partial charge on any atom is 0.267 e. The topological polar surface area (TPSA) is 68.0 Å². The van der Waals surface area contributed by atoms with Crippen molar-refractivity contribution in [2.75, 3.05) is 11.1 Å². The summed E-state index contributed by atoms with van der Waals surface area (Å²) < 4.78 is 0.785. The Bertz CT molecular complexity index is 1530. The van der Waals surface area contributed by atoms with Crippen molar-refractivity contribution in [1.29, 1.82) is 0 Å². The SMILES string of the molecule is Nc1c(C(=O)Nc2ccccc2Br)sc2nc(-c3ccc(Cl)cc3)cc(-c3ccc(Cl)cc3)c12. The van der Waals surface area contributed by atoms with Crippen LogP contribution in [-0.4, -0.2) is 10.9 Å². The summed E-state index contributed by atoms with van der Waals surface area (Å²) in [6.07, 6.45) is 0. The highest BCUT2D eigenvalue weighted by Gasteiger charge is 2.22. The third-order valence-corrected chi connectivity index (χ3v) is 7.62. The van der Waals surface area contributed by atoms with Crippen LogP contribution in [0.4, 0.5) is 11.4 Å². The Balaban J connectivity index is 1.68. The van der Waals surface area contributed by atoms with E-state index in [1.165, 1.54) is 11.3 Å². The Morgan fingerprint density at radius 2 is 1.53 bits per heavy atom. The number of nitrogens with zero attached hydrogens (tertiary/aromatic N) is 1. The van der Waals surface area contributed by atoms with Crippen molar-refractivity contribution in [3.8, 4) is 22.4 Å². The first-order chi connectivity index (χ1) is 16.4. The number of benzene rings is 3. The summed E-state index contributed by atoms with van der Waals surface area (Å²) in [5, 5.41) is 4.96. The van der Waals surface area contributed by atoms with Gasteiger partial charge in [-0.2, -0.15) is 0 Å². The Labute approximate surface area is 218 Å². The molecule has 0 radical (unpaired) electrons. The van der Waals surface area contributed by atoms with Crippen LogP contribution in [0.5, 0.6) is 0 Å². The number of nitrogens with one attached hydrogen (secondary N) is 1. The number of halogens is 3. The molecule has 2 aromatic heterocycles. The minimum Gasteiger partial charge on any atom is -0.397 e. The fourth-order valence-corrected chi connectivity index (χ4v) is 5.31. The molecule has 0 spiro atoms. The van der Waals surface area contributed by atoms with E-state index in [1.807, 2.05) is 78.9 Å². The van der Waals surface area contributed by atoms with Crippen LogP contribution >= 0.6 is 50.5 Å². The van der Waals surface area contributed by atoms with E-state index < -0.39 is 0 Å². The minimum atomic E-state index is -0.289. The number of anilines is 2. The summed E-state index contributed by atoms with van der Waals surface area (Å²) in [6.45, 7) is 0. The molecule has 0 aliphatic rings. The van der Waals surface area contributed by atoms with Gasteiger partial charge in [-0.3, -0.25) is 4.79 Å². The van der Waals surface area contributed by atoms with Crippen molar-refractivity contribution in [2.24, 2.45) is 0 Å². The smallest absolute Gasteiger partial charge is 0.267 e. The molecule has 0 aliphatic heterocycles. The van der Waals surface area contributed by atoms with Gasteiger partial charge in [0, 0.05) is 25.5 Å². The molecule has 0 unspecified atom stereocenters. The largest absolute Gasteiger partial charge is 0.397 e. The number of rotatable bonds is 4. The number of hydrogen-bond donors (Lipinski definition) is 2. The Morgan fingerprint density at radius 1 is 0.912 bits per heavy atom. The highest BCUT2D eigenvalue weighted by atomic mass is 79.9. The first kappa shape index (κ1) is 22.9. The van der Waals surface area contributed by atoms with Crippen LogP contribution in [-0.2, 0) is 0 Å². The van der Waals surface area contributed by atoms with E-state index in [0.29, 0.717) is 31.1 Å². The molecule has 5 aromatic rings. The molecule has 3 aromatic carbocycles. The van der Waals surface area contributed by atoms with Crippen LogP contribution in [0.2, 0.25) is 10.0 Å². The van der Waals surface area contributed by atoms with Gasteiger partial charge < -0.3 is 11.1 Å². The Hall–Kier alpha value is -2.90. The normalized spacial score (nSPS) is 11.0.